The Kier molecular flexibility index (Phi) is 5.12. The fourth-order valence-corrected chi connectivity index (χ4v) is 1.62. The number of methoxy groups -OCH3 is 1. The molecule has 0 heterocycles. The molecule has 3 heteroatoms. The molecular weight excluding hydrogens is 200 g/mol. The van der Waals surface area contributed by atoms with E-state index in [1.54, 1.807) is 7.11 Å². The van der Waals surface area contributed by atoms with E-state index >= 15 is 0 Å². The second kappa shape index (κ2) is 6.38. The molecule has 0 bridgehead atoms. The molecule has 0 aliphatic rings. The first-order chi connectivity index (χ1) is 7.67. The van der Waals surface area contributed by atoms with E-state index in [1.165, 1.54) is 5.56 Å². The molecule has 90 valence electrons. The maximum Gasteiger partial charge on any atom is 0.141 e. The molecule has 0 saturated carbocycles. The van der Waals surface area contributed by atoms with Crippen molar-refractivity contribution in [3.8, 4) is 5.75 Å². The molecule has 1 rings (SSSR count). The van der Waals surface area contributed by atoms with Crippen molar-refractivity contribution in [1.82, 2.24) is 4.90 Å². The predicted molar refractivity (Wildman–Crippen MR) is 69.2 cm³/mol. The first kappa shape index (κ1) is 12.8. The van der Waals surface area contributed by atoms with Gasteiger partial charge in [0.05, 0.1) is 12.8 Å². The van der Waals surface area contributed by atoms with Gasteiger partial charge in [0.15, 0.2) is 0 Å². The van der Waals surface area contributed by atoms with Crippen molar-refractivity contribution in [2.75, 3.05) is 33.1 Å². The number of nitrogens with one attached hydrogen (secondary N) is 1. The Morgan fingerprint density at radius 1 is 1.31 bits per heavy atom. The third kappa shape index (κ3) is 3.74. The quantitative estimate of drug-likeness (QED) is 0.800. The predicted octanol–water partition coefficient (Wildman–Crippen LogP) is 2.58. The van der Waals surface area contributed by atoms with Crippen LogP contribution in [0.25, 0.3) is 0 Å². The lowest BCUT2D eigenvalue weighted by molar-refractivity contribution is 0.400. The maximum atomic E-state index is 5.33. The van der Waals surface area contributed by atoms with Gasteiger partial charge in [-0.3, -0.25) is 0 Å². The molecule has 0 amide bonds. The molecular formula is C13H22N2O. The van der Waals surface area contributed by atoms with Crippen LogP contribution < -0.4 is 10.1 Å². The minimum absolute atomic E-state index is 0.913. The van der Waals surface area contributed by atoms with Gasteiger partial charge in [0, 0.05) is 13.1 Å². The van der Waals surface area contributed by atoms with Gasteiger partial charge in [0.1, 0.15) is 5.75 Å². The van der Waals surface area contributed by atoms with Crippen molar-refractivity contribution >= 4 is 5.69 Å². The number of nitrogens with zero attached hydrogens (tertiary/aromatic N) is 1. The molecule has 16 heavy (non-hydrogen) atoms. The summed E-state index contributed by atoms with van der Waals surface area (Å²) in [5, 5.41) is 3.38. The largest absolute Gasteiger partial charge is 0.495 e. The number of hydrogen-bond donors (Lipinski definition) is 1. The van der Waals surface area contributed by atoms with E-state index in [9.17, 15) is 0 Å². The Hall–Kier alpha value is -1.22. The average molecular weight is 222 g/mol. The minimum Gasteiger partial charge on any atom is -0.495 e. The fourth-order valence-electron chi connectivity index (χ4n) is 1.62. The molecule has 0 aliphatic carbocycles. The Bertz CT molecular complexity index is 324. The lowest BCUT2D eigenvalue weighted by Crippen LogP contribution is -2.11. The first-order valence-corrected chi connectivity index (χ1v) is 5.73. The average Bonchev–Trinajstić information content (AvgIpc) is 2.25. The molecule has 0 unspecified atom stereocenters. The van der Waals surface area contributed by atoms with Gasteiger partial charge in [-0.1, -0.05) is 13.0 Å². The van der Waals surface area contributed by atoms with Gasteiger partial charge >= 0.3 is 0 Å². The molecule has 3 nitrogen and oxygen atoms in total. The smallest absolute Gasteiger partial charge is 0.141 e. The molecule has 0 fully saturated rings. The highest BCUT2D eigenvalue weighted by Crippen LogP contribution is 2.25. The van der Waals surface area contributed by atoms with Crippen LogP contribution in [0.15, 0.2) is 18.2 Å². The molecule has 0 spiro atoms. The highest BCUT2D eigenvalue weighted by atomic mass is 16.5. The highest BCUT2D eigenvalue weighted by Gasteiger charge is 2.04. The van der Waals surface area contributed by atoms with Gasteiger partial charge in [-0.15, -0.1) is 0 Å². The van der Waals surface area contributed by atoms with Crippen molar-refractivity contribution in [3.63, 3.8) is 0 Å². The molecule has 1 N–H and O–H groups in total. The zero-order chi connectivity index (χ0) is 12.0. The molecule has 0 radical (unpaired) electrons. The standard InChI is InChI=1S/C13H22N2O/c1-5-8-14-12-9-11(10-15(2)3)6-7-13(12)16-4/h6-7,9,14H,5,8,10H2,1-4H3. The lowest BCUT2D eigenvalue weighted by atomic mass is 10.1. The molecule has 1 aromatic rings. The second-order valence-electron chi connectivity index (χ2n) is 4.20. The summed E-state index contributed by atoms with van der Waals surface area (Å²) in [5.74, 6) is 0.913. The summed E-state index contributed by atoms with van der Waals surface area (Å²) >= 11 is 0. The van der Waals surface area contributed by atoms with Crippen LogP contribution >= 0.6 is 0 Å². The van der Waals surface area contributed by atoms with E-state index < -0.39 is 0 Å². The van der Waals surface area contributed by atoms with Crippen molar-refractivity contribution in [2.45, 2.75) is 19.9 Å². The van der Waals surface area contributed by atoms with Gasteiger partial charge in [-0.25, -0.2) is 0 Å². The zero-order valence-electron chi connectivity index (χ0n) is 10.7. The van der Waals surface area contributed by atoms with E-state index in [0.717, 1.165) is 30.9 Å². The summed E-state index contributed by atoms with van der Waals surface area (Å²) in [6, 6.07) is 6.29. The number of benzene rings is 1. The van der Waals surface area contributed by atoms with Gasteiger partial charge in [-0.2, -0.15) is 0 Å². The van der Waals surface area contributed by atoms with Gasteiger partial charge in [0.2, 0.25) is 0 Å². The van der Waals surface area contributed by atoms with E-state index in [1.807, 2.05) is 6.07 Å². The van der Waals surface area contributed by atoms with Crippen LogP contribution in [0.3, 0.4) is 0 Å². The van der Waals surface area contributed by atoms with Crippen LogP contribution in [0.1, 0.15) is 18.9 Å². The minimum atomic E-state index is 0.913. The van der Waals surface area contributed by atoms with Crippen LogP contribution in [0, 0.1) is 0 Å². The second-order valence-corrected chi connectivity index (χ2v) is 4.20. The highest BCUT2D eigenvalue weighted by molar-refractivity contribution is 5.58. The van der Waals surface area contributed by atoms with Crippen molar-refractivity contribution in [1.29, 1.82) is 0 Å². The summed E-state index contributed by atoms with van der Waals surface area (Å²) in [6.07, 6.45) is 1.11. The Morgan fingerprint density at radius 2 is 2.06 bits per heavy atom. The molecule has 0 aliphatic heterocycles. The van der Waals surface area contributed by atoms with Gasteiger partial charge in [-0.05, 0) is 38.2 Å². The van der Waals surface area contributed by atoms with Crippen molar-refractivity contribution < 1.29 is 4.74 Å². The number of hydrogen-bond acceptors (Lipinski definition) is 3. The molecule has 0 saturated heterocycles. The van der Waals surface area contributed by atoms with E-state index in [0.29, 0.717) is 0 Å². The number of anilines is 1. The summed E-state index contributed by atoms with van der Waals surface area (Å²) in [6.45, 7) is 4.08. The van der Waals surface area contributed by atoms with E-state index in [-0.39, 0.29) is 0 Å². The third-order valence-corrected chi connectivity index (χ3v) is 2.33. The first-order valence-electron chi connectivity index (χ1n) is 5.73. The summed E-state index contributed by atoms with van der Waals surface area (Å²) in [7, 11) is 5.85. The van der Waals surface area contributed by atoms with Crippen LogP contribution in [-0.2, 0) is 6.54 Å². The molecule has 0 aromatic heterocycles. The summed E-state index contributed by atoms with van der Waals surface area (Å²) < 4.78 is 5.33. The van der Waals surface area contributed by atoms with E-state index in [2.05, 4.69) is 43.4 Å². The topological polar surface area (TPSA) is 24.5 Å². The number of rotatable bonds is 6. The van der Waals surface area contributed by atoms with Gasteiger partial charge in [0.25, 0.3) is 0 Å². The Labute approximate surface area is 98.4 Å². The lowest BCUT2D eigenvalue weighted by Gasteiger charge is -2.14. The monoisotopic (exact) mass is 222 g/mol. The summed E-state index contributed by atoms with van der Waals surface area (Å²) in [4.78, 5) is 2.16. The molecule has 1 aromatic carbocycles. The Morgan fingerprint density at radius 3 is 2.62 bits per heavy atom. The number of ether oxygens (including phenoxy) is 1. The molecule has 0 atom stereocenters. The fraction of sp³-hybridized carbons (Fsp3) is 0.538. The zero-order valence-corrected chi connectivity index (χ0v) is 10.7. The normalized spacial score (nSPS) is 10.6. The van der Waals surface area contributed by atoms with E-state index in [4.69, 9.17) is 4.74 Å². The Balaban J connectivity index is 2.83. The van der Waals surface area contributed by atoms with Crippen molar-refractivity contribution in [2.24, 2.45) is 0 Å². The van der Waals surface area contributed by atoms with Crippen LogP contribution in [-0.4, -0.2) is 32.6 Å². The van der Waals surface area contributed by atoms with Crippen LogP contribution in [0.2, 0.25) is 0 Å². The van der Waals surface area contributed by atoms with Crippen LogP contribution in [0.4, 0.5) is 5.69 Å². The maximum absolute atomic E-state index is 5.33. The van der Waals surface area contributed by atoms with Gasteiger partial charge < -0.3 is 15.0 Å². The third-order valence-electron chi connectivity index (χ3n) is 2.33. The van der Waals surface area contributed by atoms with Crippen molar-refractivity contribution in [3.05, 3.63) is 23.8 Å². The van der Waals surface area contributed by atoms with Crippen LogP contribution in [0.5, 0.6) is 5.75 Å². The summed E-state index contributed by atoms with van der Waals surface area (Å²) in [5.41, 5.74) is 2.38. The SMILES string of the molecule is CCCNc1cc(CN(C)C)ccc1OC.